The van der Waals surface area contributed by atoms with Gasteiger partial charge < -0.3 is 5.73 Å². The first-order valence-electron chi connectivity index (χ1n) is 7.75. The molecule has 0 aliphatic carbocycles. The van der Waals surface area contributed by atoms with Crippen LogP contribution in [-0.2, 0) is 0 Å². The van der Waals surface area contributed by atoms with Gasteiger partial charge >= 0.3 is 0 Å². The molecule has 5 heteroatoms. The first-order chi connectivity index (χ1) is 11.8. The van der Waals surface area contributed by atoms with Crippen molar-refractivity contribution < 1.29 is 0 Å². The van der Waals surface area contributed by atoms with E-state index >= 15 is 0 Å². The molecule has 5 nitrogen and oxygen atoms in total. The van der Waals surface area contributed by atoms with Crippen LogP contribution in [0, 0.1) is 0 Å². The van der Waals surface area contributed by atoms with Gasteiger partial charge in [0.2, 0.25) is 0 Å². The Labute approximate surface area is 140 Å². The topological polar surface area (TPSA) is 61.7 Å². The summed E-state index contributed by atoms with van der Waals surface area (Å²) in [6.07, 6.45) is 7.34. The number of benzene rings is 2. The van der Waals surface area contributed by atoms with Gasteiger partial charge in [0.1, 0.15) is 0 Å². The molecule has 0 unspecified atom stereocenters. The molecule has 2 aromatic heterocycles. The van der Waals surface area contributed by atoms with E-state index in [1.54, 1.807) is 12.4 Å². The smallest absolute Gasteiger partial charge is 0.168 e. The Morgan fingerprint density at radius 1 is 0.708 bits per heavy atom. The van der Waals surface area contributed by atoms with Gasteiger partial charge in [-0.25, -0.2) is 9.36 Å². The number of aromatic nitrogens is 4. The van der Waals surface area contributed by atoms with Crippen molar-refractivity contribution in [2.75, 3.05) is 5.73 Å². The van der Waals surface area contributed by atoms with Crippen LogP contribution >= 0.6 is 0 Å². The van der Waals surface area contributed by atoms with Crippen LogP contribution < -0.4 is 5.73 Å². The number of nitrogens with zero attached hydrogens (tertiary/aromatic N) is 4. The van der Waals surface area contributed by atoms with Gasteiger partial charge in [-0.15, -0.1) is 0 Å². The van der Waals surface area contributed by atoms with Gasteiger partial charge in [0.05, 0.1) is 0 Å². The number of nitrogen functional groups attached to an aromatic ring is 1. The number of rotatable bonds is 4. The molecule has 4 rings (SSSR count). The number of nitrogens with two attached hydrogens (primary N) is 1. The first-order valence-corrected chi connectivity index (χ1v) is 7.75. The summed E-state index contributed by atoms with van der Waals surface area (Å²) in [4.78, 5) is 0. The summed E-state index contributed by atoms with van der Waals surface area (Å²) in [5, 5.41) is 8.76. The Balaban J connectivity index is 1.71. The SMILES string of the molecule is Nc1ccc(-c2ccc(C(n3cccn3)n3cccn3)cc2)cc1. The third-order valence-electron chi connectivity index (χ3n) is 4.00. The Morgan fingerprint density at radius 3 is 1.67 bits per heavy atom. The maximum Gasteiger partial charge on any atom is 0.168 e. The minimum atomic E-state index is -0.101. The standard InChI is InChI=1S/C19H17N5/c20-18-9-7-16(8-10-18)15-3-5-17(6-4-15)19(23-13-1-11-21-23)24-14-2-12-22-24/h1-14,19H,20H2. The largest absolute Gasteiger partial charge is 0.399 e. The van der Waals surface area contributed by atoms with E-state index in [0.29, 0.717) is 0 Å². The molecule has 0 aliphatic heterocycles. The van der Waals surface area contributed by atoms with E-state index in [1.165, 1.54) is 0 Å². The molecule has 118 valence electrons. The maximum atomic E-state index is 5.76. The van der Waals surface area contributed by atoms with Gasteiger partial charge in [0.25, 0.3) is 0 Å². The van der Waals surface area contributed by atoms with E-state index in [2.05, 4.69) is 34.5 Å². The lowest BCUT2D eigenvalue weighted by Crippen LogP contribution is -2.20. The average Bonchev–Trinajstić information content (AvgIpc) is 3.31. The van der Waals surface area contributed by atoms with E-state index in [0.717, 1.165) is 22.4 Å². The number of anilines is 1. The van der Waals surface area contributed by atoms with Crippen molar-refractivity contribution in [3.05, 3.63) is 91.0 Å². The first kappa shape index (κ1) is 14.3. The minimum Gasteiger partial charge on any atom is -0.399 e. The van der Waals surface area contributed by atoms with Crippen LogP contribution in [0.2, 0.25) is 0 Å². The van der Waals surface area contributed by atoms with E-state index in [9.17, 15) is 0 Å². The molecule has 0 aliphatic rings. The van der Waals surface area contributed by atoms with Gasteiger partial charge in [0.15, 0.2) is 6.17 Å². The van der Waals surface area contributed by atoms with Crippen LogP contribution in [0.1, 0.15) is 11.7 Å². The molecule has 0 fully saturated rings. The van der Waals surface area contributed by atoms with Crippen LogP contribution in [0.15, 0.2) is 85.5 Å². The highest BCUT2D eigenvalue weighted by atomic mass is 15.4. The van der Waals surface area contributed by atoms with Crippen molar-refractivity contribution in [2.45, 2.75) is 6.17 Å². The summed E-state index contributed by atoms with van der Waals surface area (Å²) in [6, 6.07) is 20.2. The fourth-order valence-electron chi connectivity index (χ4n) is 2.80. The lowest BCUT2D eigenvalue weighted by atomic mass is 10.0. The van der Waals surface area contributed by atoms with Gasteiger partial charge in [-0.05, 0) is 41.0 Å². The second-order valence-electron chi connectivity index (χ2n) is 5.59. The summed E-state index contributed by atoms with van der Waals surface area (Å²) < 4.78 is 3.79. The Bertz CT molecular complexity index is 857. The molecule has 0 atom stereocenters. The molecule has 0 spiro atoms. The van der Waals surface area contributed by atoms with Gasteiger partial charge in [-0.3, -0.25) is 0 Å². The average molecular weight is 315 g/mol. The molecule has 4 aromatic rings. The Morgan fingerprint density at radius 2 is 1.21 bits per heavy atom. The second-order valence-corrected chi connectivity index (χ2v) is 5.59. The zero-order valence-corrected chi connectivity index (χ0v) is 13.0. The molecule has 0 saturated carbocycles. The molecule has 0 bridgehead atoms. The van der Waals surface area contributed by atoms with Crippen LogP contribution in [0.5, 0.6) is 0 Å². The van der Waals surface area contributed by atoms with Crippen molar-refractivity contribution in [3.8, 4) is 11.1 Å². The summed E-state index contributed by atoms with van der Waals surface area (Å²) in [5.41, 5.74) is 9.94. The van der Waals surface area contributed by atoms with Crippen LogP contribution in [0.25, 0.3) is 11.1 Å². The molecule has 2 N–H and O–H groups in total. The zero-order valence-electron chi connectivity index (χ0n) is 13.0. The summed E-state index contributed by atoms with van der Waals surface area (Å²) in [5.74, 6) is 0. The van der Waals surface area contributed by atoms with Crippen LogP contribution in [0.4, 0.5) is 5.69 Å². The zero-order chi connectivity index (χ0) is 16.4. The normalized spacial score (nSPS) is 11.0. The highest BCUT2D eigenvalue weighted by Crippen LogP contribution is 2.25. The molecule has 0 amide bonds. The summed E-state index contributed by atoms with van der Waals surface area (Å²) in [7, 11) is 0. The number of hydrogen-bond acceptors (Lipinski definition) is 3. The predicted octanol–water partition coefficient (Wildman–Crippen LogP) is 3.42. The Kier molecular flexibility index (Phi) is 3.59. The van der Waals surface area contributed by atoms with Gasteiger partial charge in [0, 0.05) is 30.5 Å². The fraction of sp³-hybridized carbons (Fsp3) is 0.0526. The Hall–Kier alpha value is -3.34. The van der Waals surface area contributed by atoms with Crippen LogP contribution in [-0.4, -0.2) is 19.6 Å². The number of hydrogen-bond donors (Lipinski definition) is 1. The summed E-state index contributed by atoms with van der Waals surface area (Å²) in [6.45, 7) is 0. The van der Waals surface area contributed by atoms with Crippen molar-refractivity contribution >= 4 is 5.69 Å². The molecule has 0 radical (unpaired) electrons. The molecule has 24 heavy (non-hydrogen) atoms. The van der Waals surface area contributed by atoms with Crippen LogP contribution in [0.3, 0.4) is 0 Å². The van der Waals surface area contributed by atoms with E-state index in [-0.39, 0.29) is 6.17 Å². The highest BCUT2D eigenvalue weighted by Gasteiger charge is 2.16. The van der Waals surface area contributed by atoms with Gasteiger partial charge in [-0.2, -0.15) is 10.2 Å². The predicted molar refractivity (Wildman–Crippen MR) is 94.3 cm³/mol. The second kappa shape index (κ2) is 6.04. The third kappa shape index (κ3) is 2.67. The van der Waals surface area contributed by atoms with E-state index in [1.807, 2.05) is 58.2 Å². The van der Waals surface area contributed by atoms with E-state index < -0.39 is 0 Å². The quantitative estimate of drug-likeness (QED) is 0.587. The molecular weight excluding hydrogens is 298 g/mol. The van der Waals surface area contributed by atoms with E-state index in [4.69, 9.17) is 5.73 Å². The third-order valence-corrected chi connectivity index (χ3v) is 4.00. The van der Waals surface area contributed by atoms with Crippen molar-refractivity contribution in [1.29, 1.82) is 0 Å². The van der Waals surface area contributed by atoms with Crippen molar-refractivity contribution in [1.82, 2.24) is 19.6 Å². The molecule has 0 saturated heterocycles. The fourth-order valence-corrected chi connectivity index (χ4v) is 2.80. The lowest BCUT2D eigenvalue weighted by Gasteiger charge is -2.19. The lowest BCUT2D eigenvalue weighted by molar-refractivity contribution is 0.419. The molecule has 2 heterocycles. The summed E-state index contributed by atoms with van der Waals surface area (Å²) >= 11 is 0. The maximum absolute atomic E-state index is 5.76. The van der Waals surface area contributed by atoms with Gasteiger partial charge in [-0.1, -0.05) is 36.4 Å². The molecule has 2 aromatic carbocycles. The monoisotopic (exact) mass is 315 g/mol. The molecular formula is C19H17N5. The minimum absolute atomic E-state index is 0.101. The van der Waals surface area contributed by atoms with Crippen molar-refractivity contribution in [3.63, 3.8) is 0 Å². The van der Waals surface area contributed by atoms with Crippen molar-refractivity contribution in [2.24, 2.45) is 0 Å². The highest BCUT2D eigenvalue weighted by molar-refractivity contribution is 5.65.